The van der Waals surface area contributed by atoms with E-state index < -0.39 is 0 Å². The van der Waals surface area contributed by atoms with Crippen LogP contribution in [0.4, 0.5) is 21.9 Å². The number of nitrogens with one attached hydrogen (secondary N) is 3. The van der Waals surface area contributed by atoms with Gasteiger partial charge in [-0.15, -0.1) is 11.3 Å². The third-order valence-electron chi connectivity index (χ3n) is 4.90. The number of hydrogen-bond acceptors (Lipinski definition) is 7. The van der Waals surface area contributed by atoms with Gasteiger partial charge in [-0.1, -0.05) is 18.2 Å². The van der Waals surface area contributed by atoms with E-state index in [1.54, 1.807) is 53.4 Å². The van der Waals surface area contributed by atoms with Crippen LogP contribution in [0.1, 0.15) is 34.1 Å². The summed E-state index contributed by atoms with van der Waals surface area (Å²) < 4.78 is 0. The van der Waals surface area contributed by atoms with Gasteiger partial charge in [-0.05, 0) is 56.4 Å². The molecule has 1 unspecified atom stereocenters. The van der Waals surface area contributed by atoms with E-state index in [1.807, 2.05) is 19.0 Å². The molecule has 33 heavy (non-hydrogen) atoms. The van der Waals surface area contributed by atoms with E-state index in [-0.39, 0.29) is 30.3 Å². The first-order chi connectivity index (χ1) is 15.9. The maximum Gasteiger partial charge on any atom is 0.319 e. The van der Waals surface area contributed by atoms with E-state index in [1.165, 1.54) is 11.3 Å². The van der Waals surface area contributed by atoms with E-state index in [2.05, 4.69) is 20.9 Å². The zero-order valence-corrected chi connectivity index (χ0v) is 19.4. The molecular formula is C23H28N6O3S. The molecule has 0 radical (unpaired) electrons. The first-order valence-electron chi connectivity index (χ1n) is 10.4. The fourth-order valence-corrected chi connectivity index (χ4v) is 3.80. The molecule has 1 aromatic carbocycles. The minimum absolute atomic E-state index is 0.104. The van der Waals surface area contributed by atoms with Crippen LogP contribution in [0.3, 0.4) is 0 Å². The van der Waals surface area contributed by atoms with Crippen LogP contribution >= 0.6 is 11.3 Å². The molecule has 0 bridgehead atoms. The van der Waals surface area contributed by atoms with Crippen molar-refractivity contribution in [2.24, 2.45) is 0 Å². The van der Waals surface area contributed by atoms with Crippen molar-refractivity contribution in [3.63, 3.8) is 0 Å². The van der Waals surface area contributed by atoms with Gasteiger partial charge >= 0.3 is 6.03 Å². The Hall–Kier alpha value is -3.47. The number of hydrogen-bond donors (Lipinski definition) is 5. The zero-order chi connectivity index (χ0) is 23.8. The molecule has 3 aromatic rings. The number of aromatic nitrogens is 1. The molecule has 3 rings (SSSR count). The van der Waals surface area contributed by atoms with E-state index in [4.69, 9.17) is 5.73 Å². The van der Waals surface area contributed by atoms with Crippen LogP contribution in [-0.2, 0) is 6.61 Å². The molecule has 0 saturated heterocycles. The Balaban J connectivity index is 1.69. The first-order valence-corrected chi connectivity index (χ1v) is 11.3. The molecule has 2 heterocycles. The van der Waals surface area contributed by atoms with Gasteiger partial charge in [-0.2, -0.15) is 0 Å². The van der Waals surface area contributed by atoms with Gasteiger partial charge in [0.1, 0.15) is 5.69 Å². The highest BCUT2D eigenvalue weighted by Crippen LogP contribution is 2.24. The molecule has 3 amide bonds. The Morgan fingerprint density at radius 2 is 2.00 bits per heavy atom. The predicted octanol–water partition coefficient (Wildman–Crippen LogP) is 3.28. The number of benzene rings is 1. The third kappa shape index (κ3) is 7.01. The molecule has 0 aliphatic carbocycles. The van der Waals surface area contributed by atoms with Crippen molar-refractivity contribution < 1.29 is 14.7 Å². The van der Waals surface area contributed by atoms with Crippen molar-refractivity contribution in [2.45, 2.75) is 19.1 Å². The van der Waals surface area contributed by atoms with Crippen molar-refractivity contribution >= 4 is 40.3 Å². The standard InChI is InChI=1S/C23H28N6O3S/c1-29(2)9-8-19(28-23(32)26-17-5-3-4-15(10-17)12-30)16-6-7-20(25-11-16)22(31)27-21-14-33-13-18(21)24/h3-7,10-11,13-14,19,30H,8-9,12,24H2,1-2H3,(H,27,31)(H2,26,28,32). The number of nitrogens with two attached hydrogens (primary N) is 1. The lowest BCUT2D eigenvalue weighted by atomic mass is 10.1. The second-order valence-electron chi connectivity index (χ2n) is 7.77. The minimum atomic E-state index is -0.372. The normalized spacial score (nSPS) is 11.8. The maximum atomic E-state index is 12.6. The highest BCUT2D eigenvalue weighted by atomic mass is 32.1. The summed E-state index contributed by atoms with van der Waals surface area (Å²) in [6.45, 7) is 0.637. The summed E-state index contributed by atoms with van der Waals surface area (Å²) in [6, 6.07) is 9.73. The molecule has 9 nitrogen and oxygen atoms in total. The van der Waals surface area contributed by atoms with E-state index in [9.17, 15) is 14.7 Å². The summed E-state index contributed by atoms with van der Waals surface area (Å²) in [5, 5.41) is 21.3. The number of aliphatic hydroxyl groups excluding tert-OH is 1. The number of amides is 3. The lowest BCUT2D eigenvalue weighted by Crippen LogP contribution is -2.34. The highest BCUT2D eigenvalue weighted by Gasteiger charge is 2.17. The molecule has 10 heteroatoms. The van der Waals surface area contributed by atoms with E-state index in [0.717, 1.165) is 12.1 Å². The number of urea groups is 1. The largest absolute Gasteiger partial charge is 0.396 e. The van der Waals surface area contributed by atoms with E-state index >= 15 is 0 Å². The maximum absolute atomic E-state index is 12.6. The van der Waals surface area contributed by atoms with Gasteiger partial charge in [0, 0.05) is 22.6 Å². The fraction of sp³-hybridized carbons (Fsp3) is 0.261. The Labute approximate surface area is 196 Å². The summed E-state index contributed by atoms with van der Waals surface area (Å²) in [5.74, 6) is -0.356. The summed E-state index contributed by atoms with van der Waals surface area (Å²) in [7, 11) is 3.92. The van der Waals surface area contributed by atoms with Gasteiger partial charge in [-0.25, -0.2) is 4.79 Å². The van der Waals surface area contributed by atoms with Crippen LogP contribution < -0.4 is 21.7 Å². The number of rotatable bonds is 9. The number of nitrogen functional groups attached to an aromatic ring is 1. The number of anilines is 3. The SMILES string of the molecule is CN(C)CCC(NC(=O)Nc1cccc(CO)c1)c1ccc(C(=O)Nc2cscc2N)nc1. The van der Waals surface area contributed by atoms with Crippen LogP contribution in [0, 0.1) is 0 Å². The summed E-state index contributed by atoms with van der Waals surface area (Å²) >= 11 is 1.40. The number of thiophene rings is 1. The fourth-order valence-electron chi connectivity index (χ4n) is 3.12. The van der Waals surface area contributed by atoms with Crippen LogP contribution in [0.15, 0.2) is 53.4 Å². The average Bonchev–Trinajstić information content (AvgIpc) is 3.20. The number of carbonyl (C=O) groups excluding carboxylic acids is 2. The molecule has 0 aliphatic rings. The second kappa shape index (κ2) is 11.4. The van der Waals surface area contributed by atoms with Crippen molar-refractivity contribution in [2.75, 3.05) is 37.0 Å². The summed E-state index contributed by atoms with van der Waals surface area (Å²) in [6.07, 6.45) is 2.24. The number of nitrogens with zero attached hydrogens (tertiary/aromatic N) is 2. The van der Waals surface area contributed by atoms with Crippen LogP contribution in [-0.4, -0.2) is 47.6 Å². The average molecular weight is 469 g/mol. The number of carbonyl (C=O) groups is 2. The van der Waals surface area contributed by atoms with Crippen LogP contribution in [0.2, 0.25) is 0 Å². The Morgan fingerprint density at radius 1 is 1.18 bits per heavy atom. The molecule has 0 aliphatic heterocycles. The molecule has 2 aromatic heterocycles. The van der Waals surface area contributed by atoms with Crippen LogP contribution in [0.25, 0.3) is 0 Å². The molecule has 6 N–H and O–H groups in total. The number of aliphatic hydroxyl groups is 1. The van der Waals surface area contributed by atoms with Gasteiger partial charge in [0.25, 0.3) is 5.91 Å². The Kier molecular flexibility index (Phi) is 8.36. The smallest absolute Gasteiger partial charge is 0.319 e. The van der Waals surface area contributed by atoms with Gasteiger partial charge in [0.15, 0.2) is 0 Å². The highest BCUT2D eigenvalue weighted by molar-refractivity contribution is 7.09. The van der Waals surface area contributed by atoms with Gasteiger partial charge in [0.2, 0.25) is 0 Å². The number of pyridine rings is 1. The molecule has 1 atom stereocenters. The quantitative estimate of drug-likeness (QED) is 0.327. The summed E-state index contributed by atoms with van der Waals surface area (Å²) in [5.41, 5.74) is 9.21. The topological polar surface area (TPSA) is 133 Å². The van der Waals surface area contributed by atoms with Gasteiger partial charge < -0.3 is 31.7 Å². The van der Waals surface area contributed by atoms with Crippen LogP contribution in [0.5, 0.6) is 0 Å². The van der Waals surface area contributed by atoms with Crippen molar-refractivity contribution in [1.29, 1.82) is 0 Å². The van der Waals surface area contributed by atoms with Crippen molar-refractivity contribution in [3.05, 3.63) is 70.2 Å². The Bertz CT molecular complexity index is 1080. The Morgan fingerprint density at radius 3 is 2.64 bits per heavy atom. The predicted molar refractivity (Wildman–Crippen MR) is 131 cm³/mol. The minimum Gasteiger partial charge on any atom is -0.396 e. The molecule has 0 fully saturated rings. The molecule has 0 spiro atoms. The summed E-state index contributed by atoms with van der Waals surface area (Å²) in [4.78, 5) is 31.4. The molecule has 0 saturated carbocycles. The van der Waals surface area contributed by atoms with Crippen molar-refractivity contribution in [3.8, 4) is 0 Å². The molecular weight excluding hydrogens is 440 g/mol. The molecule has 174 valence electrons. The zero-order valence-electron chi connectivity index (χ0n) is 18.5. The lowest BCUT2D eigenvalue weighted by Gasteiger charge is -2.21. The monoisotopic (exact) mass is 468 g/mol. The van der Waals surface area contributed by atoms with Gasteiger partial charge in [0.05, 0.1) is 24.0 Å². The second-order valence-corrected chi connectivity index (χ2v) is 8.52. The first kappa shape index (κ1) is 24.2. The van der Waals surface area contributed by atoms with E-state index in [0.29, 0.717) is 29.0 Å². The van der Waals surface area contributed by atoms with Gasteiger partial charge in [-0.3, -0.25) is 9.78 Å². The lowest BCUT2D eigenvalue weighted by molar-refractivity contribution is 0.102. The van der Waals surface area contributed by atoms with Crippen molar-refractivity contribution in [1.82, 2.24) is 15.2 Å². The third-order valence-corrected chi connectivity index (χ3v) is 5.66.